The number of aromatic carboxylic acids is 1. The zero-order valence-corrected chi connectivity index (χ0v) is 11.1. The molecule has 0 aliphatic rings. The Morgan fingerprint density at radius 3 is 2.95 bits per heavy atom. The number of carboxylic acids is 1. The summed E-state index contributed by atoms with van der Waals surface area (Å²) < 4.78 is 2.05. The van der Waals surface area contributed by atoms with Crippen LogP contribution in [0.2, 0.25) is 0 Å². The molecule has 0 saturated heterocycles. The van der Waals surface area contributed by atoms with Crippen LogP contribution in [0.1, 0.15) is 20.2 Å². The van der Waals surface area contributed by atoms with Crippen molar-refractivity contribution in [3.8, 4) is 0 Å². The number of carbonyl (C=O) groups is 1. The third-order valence-corrected chi connectivity index (χ3v) is 3.91. The topological polar surface area (TPSA) is 55.1 Å². The molecule has 3 aromatic rings. The molecule has 2 heterocycles. The summed E-state index contributed by atoms with van der Waals surface area (Å²) in [6.45, 7) is 2.70. The molecule has 96 valence electrons. The lowest BCUT2D eigenvalue weighted by Crippen LogP contribution is -1.99. The fourth-order valence-corrected chi connectivity index (χ4v) is 2.90. The predicted octanol–water partition coefficient (Wildman–Crippen LogP) is 3.15. The number of benzene rings is 1. The number of fused-ring (bicyclic) bond motifs is 1. The fraction of sp³-hybridized carbons (Fsp3) is 0.143. The van der Waals surface area contributed by atoms with E-state index in [1.807, 2.05) is 31.5 Å². The summed E-state index contributed by atoms with van der Waals surface area (Å²) in [6, 6.07) is 7.18. The highest BCUT2D eigenvalue weighted by Crippen LogP contribution is 2.21. The van der Waals surface area contributed by atoms with Crippen LogP contribution in [-0.4, -0.2) is 20.6 Å². The molecule has 4 nitrogen and oxygen atoms in total. The lowest BCUT2D eigenvalue weighted by molar-refractivity contribution is 0.0697. The highest BCUT2D eigenvalue weighted by Gasteiger charge is 2.08. The third-order valence-electron chi connectivity index (χ3n) is 3.02. The number of hydrogen-bond donors (Lipinski definition) is 1. The summed E-state index contributed by atoms with van der Waals surface area (Å²) in [5.74, 6) is -0.900. The van der Waals surface area contributed by atoms with E-state index in [4.69, 9.17) is 5.11 Å². The van der Waals surface area contributed by atoms with E-state index in [9.17, 15) is 4.79 Å². The van der Waals surface area contributed by atoms with Crippen molar-refractivity contribution in [1.82, 2.24) is 9.55 Å². The van der Waals surface area contributed by atoms with E-state index in [2.05, 4.69) is 9.55 Å². The largest absolute Gasteiger partial charge is 0.478 e. The van der Waals surface area contributed by atoms with Crippen molar-refractivity contribution in [2.75, 3.05) is 0 Å². The summed E-state index contributed by atoms with van der Waals surface area (Å²) in [6.07, 6.45) is 3.85. The Hall–Kier alpha value is -2.14. The molecular weight excluding hydrogens is 260 g/mol. The Morgan fingerprint density at radius 1 is 1.42 bits per heavy atom. The minimum absolute atomic E-state index is 0.313. The average Bonchev–Trinajstić information content (AvgIpc) is 2.96. The molecule has 0 fully saturated rings. The number of hydrogen-bond acceptors (Lipinski definition) is 3. The van der Waals surface area contributed by atoms with Crippen LogP contribution in [-0.2, 0) is 6.54 Å². The molecule has 0 amide bonds. The van der Waals surface area contributed by atoms with E-state index in [-0.39, 0.29) is 0 Å². The van der Waals surface area contributed by atoms with Gasteiger partial charge in [0.05, 0.1) is 17.1 Å². The molecule has 0 aliphatic heterocycles. The Bertz CT molecular complexity index is 758. The number of carboxylic acid groups (broad SMARTS) is 1. The molecule has 2 aromatic heterocycles. The summed E-state index contributed by atoms with van der Waals surface area (Å²) in [5.41, 5.74) is 1.25. The molecule has 0 unspecified atom stereocenters. The summed E-state index contributed by atoms with van der Waals surface area (Å²) in [7, 11) is 0. The Kier molecular flexibility index (Phi) is 2.83. The first-order chi connectivity index (χ1) is 9.13. The van der Waals surface area contributed by atoms with E-state index in [0.29, 0.717) is 5.56 Å². The zero-order chi connectivity index (χ0) is 13.4. The van der Waals surface area contributed by atoms with Crippen molar-refractivity contribution in [1.29, 1.82) is 0 Å². The Labute approximate surface area is 113 Å². The molecule has 1 N–H and O–H groups in total. The maximum Gasteiger partial charge on any atom is 0.335 e. The molecule has 0 saturated carbocycles. The van der Waals surface area contributed by atoms with Crippen molar-refractivity contribution in [2.45, 2.75) is 13.5 Å². The molecular formula is C14H12N2O2S. The molecule has 5 heteroatoms. The average molecular weight is 272 g/mol. The molecule has 0 spiro atoms. The second-order valence-corrected chi connectivity index (χ2v) is 5.69. The van der Waals surface area contributed by atoms with E-state index in [1.54, 1.807) is 23.5 Å². The second-order valence-electron chi connectivity index (χ2n) is 4.37. The number of aromatic nitrogens is 2. The van der Waals surface area contributed by atoms with Gasteiger partial charge >= 0.3 is 5.97 Å². The number of nitrogens with zero attached hydrogens (tertiary/aromatic N) is 2. The first-order valence-electron chi connectivity index (χ1n) is 5.87. The standard InChI is InChI=1S/C14H12N2O2S/c1-9-15-7-12(19-9)8-16-5-4-10-2-3-11(14(17)18)6-13(10)16/h2-7H,8H2,1H3,(H,17,18). The number of rotatable bonds is 3. The van der Waals surface area contributed by atoms with Gasteiger partial charge in [0, 0.05) is 22.8 Å². The molecule has 1 aromatic carbocycles. The monoisotopic (exact) mass is 272 g/mol. The minimum atomic E-state index is -0.900. The van der Waals surface area contributed by atoms with E-state index >= 15 is 0 Å². The van der Waals surface area contributed by atoms with Crippen LogP contribution < -0.4 is 0 Å². The Balaban J connectivity index is 2.03. The van der Waals surface area contributed by atoms with Gasteiger partial charge in [-0.05, 0) is 30.5 Å². The lowest BCUT2D eigenvalue weighted by Gasteiger charge is -2.03. The van der Waals surface area contributed by atoms with Gasteiger partial charge in [-0.2, -0.15) is 0 Å². The molecule has 3 rings (SSSR count). The summed E-state index contributed by atoms with van der Waals surface area (Å²) >= 11 is 1.66. The van der Waals surface area contributed by atoms with Crippen LogP contribution in [0.15, 0.2) is 36.7 Å². The van der Waals surface area contributed by atoms with Crippen LogP contribution in [0, 0.1) is 6.92 Å². The van der Waals surface area contributed by atoms with Gasteiger partial charge in [-0.15, -0.1) is 11.3 Å². The van der Waals surface area contributed by atoms with Crippen molar-refractivity contribution in [3.05, 3.63) is 52.1 Å². The summed E-state index contributed by atoms with van der Waals surface area (Å²) in [4.78, 5) is 16.4. The van der Waals surface area contributed by atoms with E-state index in [1.165, 1.54) is 0 Å². The van der Waals surface area contributed by atoms with E-state index in [0.717, 1.165) is 27.3 Å². The number of thiazole rings is 1. The van der Waals surface area contributed by atoms with Gasteiger partial charge in [-0.3, -0.25) is 0 Å². The first kappa shape index (κ1) is 11.9. The maximum absolute atomic E-state index is 11.0. The molecule has 0 bridgehead atoms. The maximum atomic E-state index is 11.0. The third kappa shape index (κ3) is 2.24. The van der Waals surface area contributed by atoms with Crippen LogP contribution in [0.5, 0.6) is 0 Å². The minimum Gasteiger partial charge on any atom is -0.478 e. The van der Waals surface area contributed by atoms with Gasteiger partial charge in [0.25, 0.3) is 0 Å². The fourth-order valence-electron chi connectivity index (χ4n) is 2.10. The van der Waals surface area contributed by atoms with Crippen molar-refractivity contribution in [2.24, 2.45) is 0 Å². The van der Waals surface area contributed by atoms with Crippen LogP contribution in [0.25, 0.3) is 10.9 Å². The van der Waals surface area contributed by atoms with Crippen LogP contribution in [0.4, 0.5) is 0 Å². The van der Waals surface area contributed by atoms with Crippen LogP contribution >= 0.6 is 11.3 Å². The second kappa shape index (κ2) is 4.51. The normalized spacial score (nSPS) is 11.0. The van der Waals surface area contributed by atoms with Gasteiger partial charge in [-0.25, -0.2) is 9.78 Å². The predicted molar refractivity (Wildman–Crippen MR) is 74.9 cm³/mol. The van der Waals surface area contributed by atoms with Crippen molar-refractivity contribution in [3.63, 3.8) is 0 Å². The van der Waals surface area contributed by atoms with Crippen LogP contribution in [0.3, 0.4) is 0 Å². The SMILES string of the molecule is Cc1ncc(Cn2ccc3ccc(C(=O)O)cc32)s1. The van der Waals surface area contributed by atoms with Gasteiger partial charge in [0.1, 0.15) is 0 Å². The van der Waals surface area contributed by atoms with Gasteiger partial charge < -0.3 is 9.67 Å². The van der Waals surface area contributed by atoms with Crippen molar-refractivity contribution < 1.29 is 9.90 Å². The first-order valence-corrected chi connectivity index (χ1v) is 6.68. The van der Waals surface area contributed by atoms with Gasteiger partial charge in [0.15, 0.2) is 0 Å². The highest BCUT2D eigenvalue weighted by atomic mass is 32.1. The molecule has 19 heavy (non-hydrogen) atoms. The number of aryl methyl sites for hydroxylation is 1. The molecule has 0 radical (unpaired) electrons. The molecule has 0 atom stereocenters. The summed E-state index contributed by atoms with van der Waals surface area (Å²) in [5, 5.41) is 11.1. The quantitative estimate of drug-likeness (QED) is 0.796. The smallest absolute Gasteiger partial charge is 0.335 e. The highest BCUT2D eigenvalue weighted by molar-refractivity contribution is 7.11. The molecule has 0 aliphatic carbocycles. The zero-order valence-electron chi connectivity index (χ0n) is 10.3. The lowest BCUT2D eigenvalue weighted by atomic mass is 10.1. The van der Waals surface area contributed by atoms with Gasteiger partial charge in [-0.1, -0.05) is 6.07 Å². The Morgan fingerprint density at radius 2 is 2.26 bits per heavy atom. The van der Waals surface area contributed by atoms with E-state index < -0.39 is 5.97 Å². The van der Waals surface area contributed by atoms with Gasteiger partial charge in [0.2, 0.25) is 0 Å². The van der Waals surface area contributed by atoms with Crippen molar-refractivity contribution >= 4 is 28.2 Å².